The second-order valence-electron chi connectivity index (χ2n) is 6.34. The van der Waals surface area contributed by atoms with Crippen LogP contribution in [0.3, 0.4) is 0 Å². The third-order valence-corrected chi connectivity index (χ3v) is 4.48. The normalized spacial score (nSPS) is 17.8. The van der Waals surface area contributed by atoms with Crippen LogP contribution in [0.25, 0.3) is 0 Å². The molecule has 1 N–H and O–H groups in total. The highest BCUT2D eigenvalue weighted by Gasteiger charge is 2.29. The summed E-state index contributed by atoms with van der Waals surface area (Å²) in [6, 6.07) is 6.08. The number of rotatable bonds is 5. The van der Waals surface area contributed by atoms with Gasteiger partial charge in [0.25, 0.3) is 0 Å². The molecule has 0 radical (unpaired) electrons. The van der Waals surface area contributed by atoms with Crippen LogP contribution in [-0.4, -0.2) is 39.1 Å². The Morgan fingerprint density at radius 1 is 1.38 bits per heavy atom. The molecule has 24 heavy (non-hydrogen) atoms. The number of aromatic amines is 1. The number of nitrogens with zero attached hydrogens (tertiary/aromatic N) is 3. The topological polar surface area (TPSA) is 71.1 Å². The highest BCUT2D eigenvalue weighted by Crippen LogP contribution is 2.29. The van der Waals surface area contributed by atoms with Crippen LogP contribution >= 0.6 is 0 Å². The molecule has 1 fully saturated rings. The molecular weight excluding hydrogens is 304 g/mol. The van der Waals surface area contributed by atoms with E-state index in [0.717, 1.165) is 42.9 Å². The van der Waals surface area contributed by atoms with E-state index in [9.17, 15) is 4.79 Å². The van der Waals surface area contributed by atoms with Crippen molar-refractivity contribution in [1.82, 2.24) is 20.1 Å². The van der Waals surface area contributed by atoms with Gasteiger partial charge in [0.15, 0.2) is 0 Å². The number of aromatic nitrogens is 3. The first-order valence-corrected chi connectivity index (χ1v) is 8.50. The molecule has 1 atom stereocenters. The van der Waals surface area contributed by atoms with Crippen LogP contribution in [0.4, 0.5) is 0 Å². The van der Waals surface area contributed by atoms with Crippen molar-refractivity contribution in [2.45, 2.75) is 45.6 Å². The molecular formula is C18H24N4O2. The van der Waals surface area contributed by atoms with Gasteiger partial charge < -0.3 is 9.64 Å². The van der Waals surface area contributed by atoms with Crippen LogP contribution in [0.1, 0.15) is 48.7 Å². The van der Waals surface area contributed by atoms with Gasteiger partial charge in [-0.3, -0.25) is 9.89 Å². The maximum Gasteiger partial charge on any atom is 0.226 e. The smallest absolute Gasteiger partial charge is 0.226 e. The molecule has 0 bridgehead atoms. The standard InChI is InChI=1S/C18H24N4O2/c1-13-6-7-16(14(2)11-13)24-10-8-17(23)22-9-4-3-5-15(22)18-19-12-20-21-18/h6-7,11-12,15H,3-5,8-10H2,1-2H3,(H,19,20,21)/t15-/m0/s1. The van der Waals surface area contributed by atoms with Gasteiger partial charge in [-0.15, -0.1) is 0 Å². The SMILES string of the molecule is Cc1ccc(OCCC(=O)N2CCCC[C@H]2c2ncn[nH]2)c(C)c1. The molecule has 2 heterocycles. The number of hydrogen-bond donors (Lipinski definition) is 1. The number of likely N-dealkylation sites (tertiary alicyclic amines) is 1. The van der Waals surface area contributed by atoms with Crippen molar-refractivity contribution < 1.29 is 9.53 Å². The molecule has 1 aromatic carbocycles. The minimum Gasteiger partial charge on any atom is -0.493 e. The van der Waals surface area contributed by atoms with Crippen LogP contribution in [0.15, 0.2) is 24.5 Å². The van der Waals surface area contributed by atoms with Gasteiger partial charge in [0, 0.05) is 6.54 Å². The Bertz CT molecular complexity index is 684. The van der Waals surface area contributed by atoms with Crippen LogP contribution in [0.2, 0.25) is 0 Å². The highest BCUT2D eigenvalue weighted by molar-refractivity contribution is 5.76. The predicted molar refractivity (Wildman–Crippen MR) is 90.7 cm³/mol. The first-order chi connectivity index (χ1) is 11.6. The molecule has 2 aromatic rings. The third kappa shape index (κ3) is 3.75. The number of ether oxygens (including phenoxy) is 1. The Labute approximate surface area is 142 Å². The van der Waals surface area contributed by atoms with Crippen molar-refractivity contribution in [3.05, 3.63) is 41.5 Å². The van der Waals surface area contributed by atoms with Gasteiger partial charge in [-0.25, -0.2) is 4.98 Å². The fourth-order valence-electron chi connectivity index (χ4n) is 3.24. The Hall–Kier alpha value is -2.37. The molecule has 0 aliphatic carbocycles. The van der Waals surface area contributed by atoms with Gasteiger partial charge in [-0.05, 0) is 44.7 Å². The van der Waals surface area contributed by atoms with E-state index >= 15 is 0 Å². The summed E-state index contributed by atoms with van der Waals surface area (Å²) in [6.45, 7) is 5.24. The van der Waals surface area contributed by atoms with Gasteiger partial charge in [-0.1, -0.05) is 17.7 Å². The number of aryl methyl sites for hydroxylation is 2. The van der Waals surface area contributed by atoms with Crippen LogP contribution in [0.5, 0.6) is 5.75 Å². The molecule has 0 saturated carbocycles. The number of H-pyrrole nitrogens is 1. The fraction of sp³-hybridized carbons (Fsp3) is 0.500. The predicted octanol–water partition coefficient (Wildman–Crippen LogP) is 2.94. The second kappa shape index (κ2) is 7.47. The zero-order valence-electron chi connectivity index (χ0n) is 14.3. The lowest BCUT2D eigenvalue weighted by Crippen LogP contribution is -2.39. The zero-order valence-corrected chi connectivity index (χ0v) is 14.3. The van der Waals surface area contributed by atoms with Gasteiger partial charge in [0.2, 0.25) is 5.91 Å². The molecule has 6 nitrogen and oxygen atoms in total. The van der Waals surface area contributed by atoms with E-state index < -0.39 is 0 Å². The monoisotopic (exact) mass is 328 g/mol. The maximum absolute atomic E-state index is 12.6. The molecule has 1 aliphatic heterocycles. The number of amides is 1. The van der Waals surface area contributed by atoms with Crippen molar-refractivity contribution in [3.8, 4) is 5.75 Å². The Kier molecular flexibility index (Phi) is 5.13. The summed E-state index contributed by atoms with van der Waals surface area (Å²) in [6.07, 6.45) is 4.94. The molecule has 1 saturated heterocycles. The van der Waals surface area contributed by atoms with E-state index in [1.54, 1.807) is 0 Å². The van der Waals surface area contributed by atoms with Crippen molar-refractivity contribution in [3.63, 3.8) is 0 Å². The fourth-order valence-corrected chi connectivity index (χ4v) is 3.24. The van der Waals surface area contributed by atoms with Crippen LogP contribution < -0.4 is 4.74 Å². The van der Waals surface area contributed by atoms with Gasteiger partial charge >= 0.3 is 0 Å². The van der Waals surface area contributed by atoms with E-state index in [0.29, 0.717) is 13.0 Å². The Morgan fingerprint density at radius 2 is 2.25 bits per heavy atom. The number of carbonyl (C=O) groups excluding carboxylic acids is 1. The molecule has 1 aliphatic rings. The van der Waals surface area contributed by atoms with Gasteiger partial charge in [-0.2, -0.15) is 5.10 Å². The molecule has 3 rings (SSSR count). The van der Waals surface area contributed by atoms with Crippen molar-refractivity contribution >= 4 is 5.91 Å². The number of piperidine rings is 1. The third-order valence-electron chi connectivity index (χ3n) is 4.48. The molecule has 1 amide bonds. The summed E-state index contributed by atoms with van der Waals surface area (Å²) in [4.78, 5) is 18.8. The average Bonchev–Trinajstić information content (AvgIpc) is 3.11. The van der Waals surface area contributed by atoms with Crippen molar-refractivity contribution in [1.29, 1.82) is 0 Å². The zero-order chi connectivity index (χ0) is 16.9. The maximum atomic E-state index is 12.6. The number of hydrogen-bond acceptors (Lipinski definition) is 4. The van der Waals surface area contributed by atoms with Crippen LogP contribution in [-0.2, 0) is 4.79 Å². The van der Waals surface area contributed by atoms with Gasteiger partial charge in [0.1, 0.15) is 17.9 Å². The summed E-state index contributed by atoms with van der Waals surface area (Å²) in [5.41, 5.74) is 2.30. The van der Waals surface area contributed by atoms with Crippen molar-refractivity contribution in [2.24, 2.45) is 0 Å². The molecule has 0 spiro atoms. The van der Waals surface area contributed by atoms with E-state index in [1.165, 1.54) is 11.9 Å². The minimum absolute atomic E-state index is 0.00913. The summed E-state index contributed by atoms with van der Waals surface area (Å²) < 4.78 is 5.80. The Balaban J connectivity index is 1.57. The lowest BCUT2D eigenvalue weighted by molar-refractivity contribution is -0.135. The highest BCUT2D eigenvalue weighted by atomic mass is 16.5. The van der Waals surface area contributed by atoms with E-state index in [2.05, 4.69) is 28.2 Å². The summed E-state index contributed by atoms with van der Waals surface area (Å²) in [7, 11) is 0. The summed E-state index contributed by atoms with van der Waals surface area (Å²) in [5.74, 6) is 1.73. The Morgan fingerprint density at radius 3 is 3.00 bits per heavy atom. The molecule has 128 valence electrons. The number of benzene rings is 1. The lowest BCUT2D eigenvalue weighted by Gasteiger charge is -2.34. The van der Waals surface area contributed by atoms with E-state index in [1.807, 2.05) is 24.0 Å². The minimum atomic E-state index is 0.00913. The average molecular weight is 328 g/mol. The quantitative estimate of drug-likeness (QED) is 0.916. The number of carbonyl (C=O) groups is 1. The molecule has 6 heteroatoms. The van der Waals surface area contributed by atoms with Crippen LogP contribution in [0, 0.1) is 13.8 Å². The first-order valence-electron chi connectivity index (χ1n) is 8.50. The van der Waals surface area contributed by atoms with Crippen molar-refractivity contribution in [2.75, 3.05) is 13.2 Å². The summed E-state index contributed by atoms with van der Waals surface area (Å²) in [5, 5.41) is 6.81. The van der Waals surface area contributed by atoms with Gasteiger partial charge in [0.05, 0.1) is 19.1 Å². The molecule has 1 aromatic heterocycles. The largest absolute Gasteiger partial charge is 0.493 e. The van der Waals surface area contributed by atoms with E-state index in [4.69, 9.17) is 4.74 Å². The second-order valence-corrected chi connectivity index (χ2v) is 6.34. The first kappa shape index (κ1) is 16.5. The van der Waals surface area contributed by atoms with E-state index in [-0.39, 0.29) is 11.9 Å². The lowest BCUT2D eigenvalue weighted by atomic mass is 10.0. The number of nitrogens with one attached hydrogen (secondary N) is 1. The summed E-state index contributed by atoms with van der Waals surface area (Å²) >= 11 is 0. The molecule has 0 unspecified atom stereocenters.